The lowest BCUT2D eigenvalue weighted by Crippen LogP contribution is -2.65. The maximum absolute atomic E-state index is 12.1. The Morgan fingerprint density at radius 2 is 1.25 bits per heavy atom. The van der Waals surface area contributed by atoms with Crippen LogP contribution in [0.15, 0.2) is 11.6 Å². The molecule has 30 atom stereocenters. The summed E-state index contributed by atoms with van der Waals surface area (Å²) in [7, 11) is 0. The zero-order valence-corrected chi connectivity index (χ0v) is 41.8. The van der Waals surface area contributed by atoms with E-state index in [9.17, 15) is 66.4 Å². The lowest BCUT2D eigenvalue weighted by molar-refractivity contribution is -0.380. The molecule has 3 saturated carbocycles. The minimum absolute atomic E-state index is 0.0571. The molecule has 13 N–H and O–H groups in total. The van der Waals surface area contributed by atoms with Crippen molar-refractivity contribution in [2.45, 2.75) is 227 Å². The van der Waals surface area contributed by atoms with E-state index < -0.39 is 148 Å². The van der Waals surface area contributed by atoms with E-state index in [4.69, 9.17) is 42.6 Å². The van der Waals surface area contributed by atoms with Crippen molar-refractivity contribution in [3.8, 4) is 0 Å². The monoisotopic (exact) mass is 1030 g/mol. The van der Waals surface area contributed by atoms with Crippen molar-refractivity contribution in [3.63, 3.8) is 0 Å². The molecule has 5 saturated heterocycles. The summed E-state index contributed by atoms with van der Waals surface area (Å²) < 4.78 is 54.3. The van der Waals surface area contributed by atoms with Gasteiger partial charge in [-0.3, -0.25) is 0 Å². The Bertz CT molecular complexity index is 1860. The second kappa shape index (κ2) is 21.6. The highest BCUT2D eigenvalue weighted by molar-refractivity contribution is 5.26. The predicted octanol–water partition coefficient (Wildman–Crippen LogP) is -2.37. The van der Waals surface area contributed by atoms with Crippen LogP contribution in [0.4, 0.5) is 0 Å². The average Bonchev–Trinajstić information content (AvgIpc) is 3.91. The van der Waals surface area contributed by atoms with Gasteiger partial charge >= 0.3 is 0 Å². The van der Waals surface area contributed by atoms with Crippen LogP contribution in [0.3, 0.4) is 0 Å². The molecule has 0 aromatic carbocycles. The zero-order chi connectivity index (χ0) is 51.9. The minimum atomic E-state index is -1.74. The fourth-order valence-electron chi connectivity index (χ4n) is 14.8. The summed E-state index contributed by atoms with van der Waals surface area (Å²) in [6.45, 7) is 8.58. The third-order valence-corrected chi connectivity index (χ3v) is 19.2. The van der Waals surface area contributed by atoms with E-state index in [0.717, 1.165) is 32.1 Å². The van der Waals surface area contributed by atoms with Crippen LogP contribution < -0.4 is 0 Å². The summed E-state index contributed by atoms with van der Waals surface area (Å²) >= 11 is 0. The molecular formula is C50H82O22. The van der Waals surface area contributed by atoms with E-state index in [-0.39, 0.29) is 41.3 Å². The van der Waals surface area contributed by atoms with E-state index in [1.54, 1.807) is 0 Å². The third kappa shape index (κ3) is 9.80. The Balaban J connectivity index is 0.843. The average molecular weight is 1040 g/mol. The summed E-state index contributed by atoms with van der Waals surface area (Å²) in [6, 6.07) is 0. The Morgan fingerprint density at radius 3 is 1.94 bits per heavy atom. The maximum atomic E-state index is 12.1. The first-order valence-electron chi connectivity index (χ1n) is 26.3. The van der Waals surface area contributed by atoms with Crippen molar-refractivity contribution in [2.75, 3.05) is 26.4 Å². The summed E-state index contributed by atoms with van der Waals surface area (Å²) in [5.74, 6) is -0.222. The van der Waals surface area contributed by atoms with Crippen molar-refractivity contribution < 1.29 is 109 Å². The quantitative estimate of drug-likeness (QED) is 0.0763. The molecule has 8 fully saturated rings. The van der Waals surface area contributed by atoms with Gasteiger partial charge in [0.15, 0.2) is 30.9 Å². The van der Waals surface area contributed by atoms with Crippen LogP contribution in [0.2, 0.25) is 0 Å². The highest BCUT2D eigenvalue weighted by atomic mass is 16.8. The molecule has 72 heavy (non-hydrogen) atoms. The molecule has 0 aromatic heterocycles. The fraction of sp³-hybridized carbons (Fsp3) is 0.960. The van der Waals surface area contributed by atoms with Gasteiger partial charge in [-0.1, -0.05) is 39.3 Å². The van der Waals surface area contributed by atoms with Gasteiger partial charge < -0.3 is 109 Å². The molecule has 9 aliphatic rings. The SMILES string of the molecule is C[C@H](CC[C@@]1(O)OC2C[C@H]3[C@@H]4CC=C5C[C@@H](O[C@@H]6O[C@H](CO)[C@@H](O[C@@H]7O[C@H](CO)[C@@H](O)[C@@H]7O)[C@H](O)[C@H]6O[C@@H]6O[C@@H](C)[C@H](O)[C@@H](O)[C@H]6O)CC[C@]5(C)[C@H]4CC[C@]3(C)[C@H]2[C@@H]1C)CO[C@@H]1O[C@H](CO)[C@@H](O)[C@H](O)[C@H]1O. The van der Waals surface area contributed by atoms with Crippen LogP contribution in [0.1, 0.15) is 92.4 Å². The number of ether oxygens (including phenoxy) is 9. The number of aliphatic hydroxyl groups is 13. The van der Waals surface area contributed by atoms with E-state index in [2.05, 4.69) is 26.8 Å². The molecule has 0 radical (unpaired) electrons. The highest BCUT2D eigenvalue weighted by Crippen LogP contribution is 2.70. The molecule has 0 amide bonds. The lowest BCUT2D eigenvalue weighted by Gasteiger charge is -2.58. The van der Waals surface area contributed by atoms with Crippen molar-refractivity contribution in [1.82, 2.24) is 0 Å². The van der Waals surface area contributed by atoms with Crippen molar-refractivity contribution >= 4 is 0 Å². The van der Waals surface area contributed by atoms with Gasteiger partial charge in [0, 0.05) is 12.3 Å². The molecule has 5 heterocycles. The molecule has 4 aliphatic carbocycles. The Hall–Kier alpha value is -1.14. The van der Waals surface area contributed by atoms with Gasteiger partial charge in [0.25, 0.3) is 0 Å². The number of allylic oxidation sites excluding steroid dienone is 1. The molecule has 5 aliphatic heterocycles. The number of hydrogen-bond donors (Lipinski definition) is 13. The first-order chi connectivity index (χ1) is 34.1. The summed E-state index contributed by atoms with van der Waals surface area (Å²) in [5, 5.41) is 138. The van der Waals surface area contributed by atoms with Gasteiger partial charge in [0.1, 0.15) is 85.5 Å². The third-order valence-electron chi connectivity index (χ3n) is 19.2. The standard InChI is InChI=1S/C50H82O22/c1-20(19-64-44-39(60)37(58)34(55)29(16-51)67-44)8-13-50(63)21(2)32-28(72-50)15-27-25-7-6-23-14-24(9-11-48(23,4)26(25)10-12-49(27,32)5)66-47-43(71-45-40(61)36(57)33(54)22(3)65-45)41(62)42(31(18-53)69-47)70-46-38(59)35(56)30(17-52)68-46/h6,20-22,24-47,51-63H,7-19H2,1-5H3/t20-,21+,22+,24+,25-,26+,27+,28?,29-,30-,31-,32+,33+,34-,35-,36-,37+,38+,39-,40-,41+,42-,43-,44-,45+,46+,47-,48+,49+,50-/m1/s1. The highest BCUT2D eigenvalue weighted by Gasteiger charge is 2.68. The molecule has 22 heteroatoms. The van der Waals surface area contributed by atoms with Gasteiger partial charge in [0.2, 0.25) is 0 Å². The smallest absolute Gasteiger partial charge is 0.187 e. The molecule has 0 spiro atoms. The van der Waals surface area contributed by atoms with Gasteiger partial charge in [-0.15, -0.1) is 0 Å². The molecular weight excluding hydrogens is 953 g/mol. The zero-order valence-electron chi connectivity index (χ0n) is 41.8. The van der Waals surface area contributed by atoms with Gasteiger partial charge in [-0.2, -0.15) is 0 Å². The normalized spacial score (nSPS) is 54.9. The number of rotatable bonds is 15. The van der Waals surface area contributed by atoms with Gasteiger partial charge in [-0.25, -0.2) is 0 Å². The van der Waals surface area contributed by atoms with Crippen LogP contribution in [-0.4, -0.2) is 228 Å². The van der Waals surface area contributed by atoms with E-state index in [1.807, 2.05) is 6.92 Å². The fourth-order valence-corrected chi connectivity index (χ4v) is 14.8. The van der Waals surface area contributed by atoms with E-state index >= 15 is 0 Å². The van der Waals surface area contributed by atoms with Crippen LogP contribution in [-0.2, 0) is 42.6 Å². The number of aliphatic hydroxyl groups excluding tert-OH is 12. The van der Waals surface area contributed by atoms with E-state index in [1.165, 1.54) is 12.5 Å². The Labute approximate surface area is 419 Å². The molecule has 22 nitrogen and oxygen atoms in total. The molecule has 0 bridgehead atoms. The maximum Gasteiger partial charge on any atom is 0.187 e. The number of hydrogen-bond acceptors (Lipinski definition) is 22. The second-order valence-electron chi connectivity index (χ2n) is 23.3. The van der Waals surface area contributed by atoms with E-state index in [0.29, 0.717) is 43.4 Å². The van der Waals surface area contributed by atoms with Crippen LogP contribution in [0.25, 0.3) is 0 Å². The van der Waals surface area contributed by atoms with Crippen molar-refractivity contribution in [3.05, 3.63) is 11.6 Å². The predicted molar refractivity (Wildman–Crippen MR) is 244 cm³/mol. The first-order valence-corrected chi connectivity index (χ1v) is 26.3. The molecule has 0 aromatic rings. The topological polar surface area (TPSA) is 346 Å². The molecule has 414 valence electrons. The molecule has 1 unspecified atom stereocenters. The van der Waals surface area contributed by atoms with Crippen LogP contribution >= 0.6 is 0 Å². The van der Waals surface area contributed by atoms with Crippen LogP contribution in [0, 0.1) is 46.3 Å². The van der Waals surface area contributed by atoms with Gasteiger partial charge in [-0.05, 0) is 98.7 Å². The summed E-state index contributed by atoms with van der Waals surface area (Å²) in [6.07, 6.45) is -18.8. The Morgan fingerprint density at radius 1 is 0.653 bits per heavy atom. The van der Waals surface area contributed by atoms with Gasteiger partial charge in [0.05, 0.1) is 44.7 Å². The van der Waals surface area contributed by atoms with Crippen molar-refractivity contribution in [1.29, 1.82) is 0 Å². The number of fused-ring (bicyclic) bond motifs is 7. The largest absolute Gasteiger partial charge is 0.394 e. The summed E-state index contributed by atoms with van der Waals surface area (Å²) in [4.78, 5) is 0. The lowest BCUT2D eigenvalue weighted by atomic mass is 9.47. The minimum Gasteiger partial charge on any atom is -0.394 e. The second-order valence-corrected chi connectivity index (χ2v) is 23.3. The van der Waals surface area contributed by atoms with Crippen molar-refractivity contribution in [2.24, 2.45) is 46.3 Å². The molecule has 9 rings (SSSR count). The first kappa shape index (κ1) is 55.6. The summed E-state index contributed by atoms with van der Waals surface area (Å²) in [5.41, 5.74) is 1.07. The Kier molecular flexibility index (Phi) is 16.7. The van der Waals surface area contributed by atoms with Crippen LogP contribution in [0.5, 0.6) is 0 Å².